The Kier molecular flexibility index (Phi) is 3.16. The predicted octanol–water partition coefficient (Wildman–Crippen LogP) is 3.80. The van der Waals surface area contributed by atoms with E-state index in [9.17, 15) is 18.0 Å². The molecule has 0 spiro atoms. The van der Waals surface area contributed by atoms with Crippen molar-refractivity contribution in [3.63, 3.8) is 0 Å². The van der Waals surface area contributed by atoms with E-state index in [1.165, 1.54) is 18.3 Å². The van der Waals surface area contributed by atoms with E-state index in [1.54, 1.807) is 18.2 Å². The molecule has 0 aliphatic heterocycles. The maximum absolute atomic E-state index is 12.6. The Labute approximate surface area is 123 Å². The molecule has 0 unspecified atom stereocenters. The molecule has 1 heterocycles. The van der Waals surface area contributed by atoms with Crippen molar-refractivity contribution in [3.05, 3.63) is 64.6 Å². The van der Waals surface area contributed by atoms with E-state index in [-0.39, 0.29) is 5.56 Å². The van der Waals surface area contributed by atoms with Crippen LogP contribution in [-0.4, -0.2) is 4.98 Å². The SMILES string of the molecule is Nc1cccc2c(=O)[nH]cc(-c3ccc(C(F)(F)F)cc3)c12. The van der Waals surface area contributed by atoms with Crippen LogP contribution in [0.25, 0.3) is 21.9 Å². The number of alkyl halides is 3. The Morgan fingerprint density at radius 3 is 2.32 bits per heavy atom. The minimum atomic E-state index is -4.38. The highest BCUT2D eigenvalue weighted by molar-refractivity contribution is 6.03. The lowest BCUT2D eigenvalue weighted by Crippen LogP contribution is -2.07. The summed E-state index contributed by atoms with van der Waals surface area (Å²) >= 11 is 0. The maximum atomic E-state index is 12.6. The highest BCUT2D eigenvalue weighted by Gasteiger charge is 2.30. The average Bonchev–Trinajstić information content (AvgIpc) is 2.48. The summed E-state index contributed by atoms with van der Waals surface area (Å²) in [6.07, 6.45) is -2.92. The molecule has 0 amide bonds. The molecule has 0 bridgehead atoms. The number of nitrogens with two attached hydrogens (primary N) is 1. The van der Waals surface area contributed by atoms with Crippen LogP contribution in [0.5, 0.6) is 0 Å². The van der Waals surface area contributed by atoms with Crippen molar-refractivity contribution < 1.29 is 13.2 Å². The Morgan fingerprint density at radius 1 is 1.00 bits per heavy atom. The van der Waals surface area contributed by atoms with Crippen LogP contribution >= 0.6 is 0 Å². The van der Waals surface area contributed by atoms with E-state index in [0.29, 0.717) is 27.6 Å². The number of anilines is 1. The monoisotopic (exact) mass is 304 g/mol. The molecule has 0 saturated carbocycles. The van der Waals surface area contributed by atoms with Gasteiger partial charge in [0.1, 0.15) is 0 Å². The van der Waals surface area contributed by atoms with E-state index < -0.39 is 11.7 Å². The van der Waals surface area contributed by atoms with Crippen LogP contribution in [-0.2, 0) is 6.18 Å². The summed E-state index contributed by atoms with van der Waals surface area (Å²) in [5.74, 6) is 0. The third-order valence-corrected chi connectivity index (χ3v) is 3.48. The number of nitrogen functional groups attached to an aromatic ring is 1. The van der Waals surface area contributed by atoms with Gasteiger partial charge in [-0.15, -0.1) is 0 Å². The van der Waals surface area contributed by atoms with Crippen molar-refractivity contribution in [1.29, 1.82) is 0 Å². The summed E-state index contributed by atoms with van der Waals surface area (Å²) in [7, 11) is 0. The van der Waals surface area contributed by atoms with Crippen molar-refractivity contribution in [2.75, 3.05) is 5.73 Å². The molecule has 3 aromatic rings. The van der Waals surface area contributed by atoms with Gasteiger partial charge in [-0.25, -0.2) is 0 Å². The number of hydrogen-bond acceptors (Lipinski definition) is 2. The largest absolute Gasteiger partial charge is 0.416 e. The molecular formula is C16H11F3N2O. The van der Waals surface area contributed by atoms with Crippen LogP contribution in [0, 0.1) is 0 Å². The lowest BCUT2D eigenvalue weighted by atomic mass is 9.98. The molecule has 0 aliphatic carbocycles. The highest BCUT2D eigenvalue weighted by Crippen LogP contribution is 2.33. The zero-order chi connectivity index (χ0) is 15.9. The number of hydrogen-bond donors (Lipinski definition) is 2. The Balaban J connectivity index is 2.23. The van der Waals surface area contributed by atoms with Gasteiger partial charge in [-0.2, -0.15) is 13.2 Å². The lowest BCUT2D eigenvalue weighted by molar-refractivity contribution is -0.137. The van der Waals surface area contributed by atoms with Gasteiger partial charge in [-0.1, -0.05) is 18.2 Å². The van der Waals surface area contributed by atoms with Crippen molar-refractivity contribution in [3.8, 4) is 11.1 Å². The maximum Gasteiger partial charge on any atom is 0.416 e. The molecular weight excluding hydrogens is 293 g/mol. The first kappa shape index (κ1) is 14.2. The predicted molar refractivity (Wildman–Crippen MR) is 79.4 cm³/mol. The molecule has 0 atom stereocenters. The van der Waals surface area contributed by atoms with Gasteiger partial charge in [0.25, 0.3) is 5.56 Å². The van der Waals surface area contributed by atoms with E-state index in [4.69, 9.17) is 5.73 Å². The van der Waals surface area contributed by atoms with Crippen LogP contribution in [0.15, 0.2) is 53.5 Å². The van der Waals surface area contributed by atoms with Crippen molar-refractivity contribution in [2.45, 2.75) is 6.18 Å². The number of pyridine rings is 1. The summed E-state index contributed by atoms with van der Waals surface area (Å²) in [5, 5.41) is 0.934. The first-order valence-electron chi connectivity index (χ1n) is 6.45. The number of benzene rings is 2. The topological polar surface area (TPSA) is 58.9 Å². The third kappa shape index (κ3) is 2.32. The highest BCUT2D eigenvalue weighted by atomic mass is 19.4. The van der Waals surface area contributed by atoms with Crippen LogP contribution in [0.1, 0.15) is 5.56 Å². The van der Waals surface area contributed by atoms with Gasteiger partial charge < -0.3 is 10.7 Å². The quantitative estimate of drug-likeness (QED) is 0.672. The molecule has 112 valence electrons. The second kappa shape index (κ2) is 4.91. The molecule has 3 N–H and O–H groups in total. The fourth-order valence-electron chi connectivity index (χ4n) is 2.41. The van der Waals surface area contributed by atoms with E-state index in [2.05, 4.69) is 4.98 Å². The molecule has 3 rings (SSSR count). The number of halogens is 3. The summed E-state index contributed by atoms with van der Waals surface area (Å²) in [6, 6.07) is 9.67. The van der Waals surface area contributed by atoms with Gasteiger partial charge >= 0.3 is 6.18 Å². The average molecular weight is 304 g/mol. The number of rotatable bonds is 1. The molecule has 0 fully saturated rings. The molecule has 2 aromatic carbocycles. The smallest absolute Gasteiger partial charge is 0.398 e. The van der Waals surface area contributed by atoms with Crippen molar-refractivity contribution >= 4 is 16.5 Å². The first-order chi connectivity index (χ1) is 10.4. The number of aromatic amines is 1. The van der Waals surface area contributed by atoms with Crippen LogP contribution in [0.4, 0.5) is 18.9 Å². The molecule has 3 nitrogen and oxygen atoms in total. The van der Waals surface area contributed by atoms with Crippen molar-refractivity contribution in [1.82, 2.24) is 4.98 Å². The number of H-pyrrole nitrogens is 1. The molecule has 0 aliphatic rings. The second-order valence-electron chi connectivity index (χ2n) is 4.88. The van der Waals surface area contributed by atoms with Crippen LogP contribution in [0.2, 0.25) is 0 Å². The number of fused-ring (bicyclic) bond motifs is 1. The van der Waals surface area contributed by atoms with Gasteiger partial charge in [0, 0.05) is 28.2 Å². The van der Waals surface area contributed by atoms with E-state index >= 15 is 0 Å². The standard InChI is InChI=1S/C16H11F3N2O/c17-16(18,19)10-6-4-9(5-7-10)12-8-21-15(22)11-2-1-3-13(20)14(11)12/h1-8H,20H2,(H,21,22). The normalized spacial score (nSPS) is 11.8. The minimum Gasteiger partial charge on any atom is -0.398 e. The lowest BCUT2D eigenvalue weighted by Gasteiger charge is -2.11. The van der Waals surface area contributed by atoms with Crippen LogP contribution in [0.3, 0.4) is 0 Å². The third-order valence-electron chi connectivity index (χ3n) is 3.48. The number of aromatic nitrogens is 1. The van der Waals surface area contributed by atoms with Crippen LogP contribution < -0.4 is 11.3 Å². The minimum absolute atomic E-state index is 0.294. The van der Waals surface area contributed by atoms with Gasteiger partial charge in [0.15, 0.2) is 0 Å². The van der Waals surface area contributed by atoms with Gasteiger partial charge in [-0.3, -0.25) is 4.79 Å². The zero-order valence-corrected chi connectivity index (χ0v) is 11.2. The molecule has 0 radical (unpaired) electrons. The van der Waals surface area contributed by atoms with E-state index in [0.717, 1.165) is 12.1 Å². The fourth-order valence-corrected chi connectivity index (χ4v) is 2.41. The molecule has 1 aromatic heterocycles. The Morgan fingerprint density at radius 2 is 1.68 bits per heavy atom. The summed E-state index contributed by atoms with van der Waals surface area (Å²) in [6.45, 7) is 0. The molecule has 6 heteroatoms. The Bertz CT molecular complexity index is 896. The first-order valence-corrected chi connectivity index (χ1v) is 6.45. The van der Waals surface area contributed by atoms with Gasteiger partial charge in [0.05, 0.1) is 5.56 Å². The summed E-state index contributed by atoms with van der Waals surface area (Å²) in [4.78, 5) is 14.4. The zero-order valence-electron chi connectivity index (χ0n) is 11.2. The fraction of sp³-hybridized carbons (Fsp3) is 0.0625. The second-order valence-corrected chi connectivity index (χ2v) is 4.88. The van der Waals surface area contributed by atoms with Crippen molar-refractivity contribution in [2.24, 2.45) is 0 Å². The Hall–Kier alpha value is -2.76. The van der Waals surface area contributed by atoms with E-state index in [1.807, 2.05) is 0 Å². The summed E-state index contributed by atoms with van der Waals surface area (Å²) < 4.78 is 37.9. The van der Waals surface area contributed by atoms with Gasteiger partial charge in [-0.05, 0) is 29.8 Å². The molecule has 22 heavy (non-hydrogen) atoms. The molecule has 0 saturated heterocycles. The summed E-state index contributed by atoms with van der Waals surface area (Å²) in [5.41, 5.74) is 6.45. The number of nitrogens with one attached hydrogen (secondary N) is 1. The van der Waals surface area contributed by atoms with Gasteiger partial charge in [0.2, 0.25) is 0 Å².